The first kappa shape index (κ1) is 68.0. The number of nitrogens with one attached hydrogen (secondary N) is 3. The molecule has 4 aliphatic rings. The molecule has 4 fully saturated rings. The normalized spacial score (nSPS) is 34.9. The number of ketones is 3. The number of carbonyl (C=O) groups excluding carboxylic acids is 6. The van der Waals surface area contributed by atoms with Crippen LogP contribution in [0.1, 0.15) is 71.6 Å². The first-order valence-corrected chi connectivity index (χ1v) is 26.4. The summed E-state index contributed by atoms with van der Waals surface area (Å²) in [5, 5.41) is 141. The molecular weight excluding hydrogens is 1060 g/mol. The molecule has 79 heavy (non-hydrogen) atoms. The van der Waals surface area contributed by atoms with Crippen molar-refractivity contribution < 1.29 is 133 Å². The summed E-state index contributed by atoms with van der Waals surface area (Å²) in [6.07, 6.45) is -32.3. The number of Topliss-reactive ketones (excluding diaryl/α,β-unsaturated/α-hetero) is 3. The Labute approximate surface area is 454 Å². The number of rotatable bonds is 34. The van der Waals surface area contributed by atoms with Crippen LogP contribution in [-0.4, -0.2) is 301 Å². The molecule has 4 aliphatic heterocycles. The average Bonchev–Trinajstić information content (AvgIpc) is 3.42. The highest BCUT2D eigenvalue weighted by Crippen LogP contribution is 2.31. The second-order valence-electron chi connectivity index (χ2n) is 19.8. The van der Waals surface area contributed by atoms with Crippen LogP contribution in [0.25, 0.3) is 0 Å². The van der Waals surface area contributed by atoms with E-state index in [1.807, 2.05) is 0 Å². The van der Waals surface area contributed by atoms with Crippen molar-refractivity contribution in [2.45, 2.75) is 194 Å². The summed E-state index contributed by atoms with van der Waals surface area (Å²) in [6.45, 7) is -0.346. The van der Waals surface area contributed by atoms with Gasteiger partial charge in [0.1, 0.15) is 109 Å². The topological polar surface area (TPSA) is 479 Å². The van der Waals surface area contributed by atoms with Crippen LogP contribution < -0.4 is 16.0 Å². The highest BCUT2D eigenvalue weighted by atomic mass is 16.8. The quantitative estimate of drug-likeness (QED) is 0.0266. The Morgan fingerprint density at radius 1 is 0.443 bits per heavy atom. The Balaban J connectivity index is 1.26. The largest absolute Gasteiger partial charge is 0.394 e. The van der Waals surface area contributed by atoms with Crippen LogP contribution in [0, 0.1) is 0 Å². The van der Waals surface area contributed by atoms with Gasteiger partial charge in [-0.2, -0.15) is 0 Å². The third-order valence-electron chi connectivity index (χ3n) is 13.4. The van der Waals surface area contributed by atoms with Gasteiger partial charge in [0.05, 0.1) is 58.8 Å². The van der Waals surface area contributed by atoms with Crippen molar-refractivity contribution in [3.63, 3.8) is 0 Å². The molecule has 16 N–H and O–H groups in total. The third-order valence-corrected chi connectivity index (χ3v) is 13.4. The predicted octanol–water partition coefficient (Wildman–Crippen LogP) is -8.82. The van der Waals surface area contributed by atoms with Crippen LogP contribution in [0.4, 0.5) is 0 Å². The van der Waals surface area contributed by atoms with Gasteiger partial charge in [0.15, 0.2) is 25.2 Å². The lowest BCUT2D eigenvalue weighted by molar-refractivity contribution is -0.366. The first-order valence-electron chi connectivity index (χ1n) is 26.4. The zero-order valence-corrected chi connectivity index (χ0v) is 44.2. The molecule has 0 radical (unpaired) electrons. The summed E-state index contributed by atoms with van der Waals surface area (Å²) in [5.41, 5.74) is 0. The molecule has 0 aromatic carbocycles. The second-order valence-corrected chi connectivity index (χ2v) is 19.8. The van der Waals surface area contributed by atoms with Crippen LogP contribution in [0.15, 0.2) is 0 Å². The highest BCUT2D eigenvalue weighted by molar-refractivity contribution is 5.88. The van der Waals surface area contributed by atoms with Gasteiger partial charge in [0.2, 0.25) is 17.7 Å². The lowest BCUT2D eigenvalue weighted by Crippen LogP contribution is -2.65. The fraction of sp³-hybridized carbons (Fsp3) is 0.875. The molecule has 31 heteroatoms. The number of hydrogen-bond donors (Lipinski definition) is 16. The zero-order chi connectivity index (χ0) is 58.5. The minimum absolute atomic E-state index is 0.00618. The van der Waals surface area contributed by atoms with Crippen LogP contribution in [0.3, 0.4) is 0 Å². The number of aliphatic hydroxyl groups excluding tert-OH is 13. The van der Waals surface area contributed by atoms with Crippen molar-refractivity contribution in [3.05, 3.63) is 0 Å². The third kappa shape index (κ3) is 21.0. The molecule has 20 atom stereocenters. The molecular formula is C48H82N4O27. The van der Waals surface area contributed by atoms with E-state index in [9.17, 15) is 95.2 Å². The fourth-order valence-electron chi connectivity index (χ4n) is 8.87. The predicted molar refractivity (Wildman–Crippen MR) is 261 cm³/mol. The van der Waals surface area contributed by atoms with Crippen molar-refractivity contribution in [1.29, 1.82) is 0 Å². The van der Waals surface area contributed by atoms with E-state index in [4.69, 9.17) is 37.9 Å². The first-order chi connectivity index (χ1) is 37.5. The second kappa shape index (κ2) is 34.2. The summed E-state index contributed by atoms with van der Waals surface area (Å²) >= 11 is 0. The van der Waals surface area contributed by atoms with Gasteiger partial charge in [-0.05, 0) is 33.1 Å². The maximum absolute atomic E-state index is 13.2. The van der Waals surface area contributed by atoms with E-state index in [0.717, 1.165) is 0 Å². The van der Waals surface area contributed by atoms with E-state index in [-0.39, 0.29) is 108 Å². The van der Waals surface area contributed by atoms with Gasteiger partial charge in [-0.1, -0.05) is 0 Å². The molecule has 4 rings (SSSR count). The minimum Gasteiger partial charge on any atom is -0.394 e. The maximum atomic E-state index is 13.2. The van der Waals surface area contributed by atoms with Crippen molar-refractivity contribution in [2.24, 2.45) is 0 Å². The van der Waals surface area contributed by atoms with Gasteiger partial charge >= 0.3 is 0 Å². The van der Waals surface area contributed by atoms with E-state index in [0.29, 0.717) is 19.4 Å². The van der Waals surface area contributed by atoms with Gasteiger partial charge in [-0.15, -0.1) is 0 Å². The van der Waals surface area contributed by atoms with E-state index in [1.54, 1.807) is 6.92 Å². The number of ether oxygens (including phenoxy) is 8. The Bertz CT molecular complexity index is 1890. The number of nitrogens with zero attached hydrogens (tertiary/aromatic N) is 1. The molecule has 3 amide bonds. The van der Waals surface area contributed by atoms with E-state index < -0.39 is 161 Å². The number of unbranched alkanes of at least 4 members (excludes halogenated alkanes) is 1. The van der Waals surface area contributed by atoms with Crippen molar-refractivity contribution in [2.75, 3.05) is 72.3 Å². The van der Waals surface area contributed by atoms with E-state index in [1.165, 1.54) is 11.8 Å². The van der Waals surface area contributed by atoms with E-state index in [2.05, 4.69) is 16.0 Å². The average molecular weight is 1150 g/mol. The summed E-state index contributed by atoms with van der Waals surface area (Å²) in [5.74, 6) is -2.40. The molecule has 456 valence electrons. The summed E-state index contributed by atoms with van der Waals surface area (Å²) in [4.78, 5) is 77.8. The maximum Gasteiger partial charge on any atom is 0.220 e. The number of carbonyl (C=O) groups is 6. The van der Waals surface area contributed by atoms with Crippen LogP contribution >= 0.6 is 0 Å². The molecule has 31 nitrogen and oxygen atoms in total. The van der Waals surface area contributed by atoms with Gasteiger partial charge < -0.3 is 120 Å². The molecule has 0 aromatic rings. The molecule has 0 spiro atoms. The Kier molecular flexibility index (Phi) is 29.5. The van der Waals surface area contributed by atoms with Gasteiger partial charge in [-0.3, -0.25) is 33.7 Å². The van der Waals surface area contributed by atoms with Gasteiger partial charge in [-0.25, -0.2) is 0 Å². The lowest BCUT2D eigenvalue weighted by Gasteiger charge is -2.46. The number of aliphatic hydroxyl groups is 13. The molecule has 0 aliphatic carbocycles. The molecule has 0 aromatic heterocycles. The minimum atomic E-state index is -1.97. The molecule has 4 saturated heterocycles. The van der Waals surface area contributed by atoms with Gasteiger partial charge in [0, 0.05) is 58.2 Å². The summed E-state index contributed by atoms with van der Waals surface area (Å²) < 4.78 is 44.1. The van der Waals surface area contributed by atoms with E-state index >= 15 is 0 Å². The smallest absolute Gasteiger partial charge is 0.220 e. The van der Waals surface area contributed by atoms with Crippen LogP contribution in [0.2, 0.25) is 0 Å². The van der Waals surface area contributed by atoms with Crippen LogP contribution in [-0.2, 0) is 66.7 Å². The molecule has 4 heterocycles. The lowest BCUT2D eigenvalue weighted by atomic mass is 9.96. The van der Waals surface area contributed by atoms with Crippen molar-refractivity contribution in [3.8, 4) is 0 Å². The molecule has 0 bridgehead atoms. The SMILES string of the molecule is CCNC(=O)CCCC(=O)CN(CC(=O)CCCCC(=O)NCCO[C@@H]1O[C@@H](C)[C@@H](O)[C@@H](O)[C@@H]1O)CC(=O)CCC(=O)NCCO[C@H]1O[C@H](CO[C@H]2O[C@H](CO)[C@@H](O)[C@H](O)[C@@H]2O)[C@@H](O)[C@H](O[C@H]2O[C@H](CO)[C@@H](O)[C@H](O)[C@@H]2O)[C@@H]1O. The van der Waals surface area contributed by atoms with Gasteiger partial charge in [0.25, 0.3) is 0 Å². The summed E-state index contributed by atoms with van der Waals surface area (Å²) in [6, 6.07) is 0. The number of amides is 3. The summed E-state index contributed by atoms with van der Waals surface area (Å²) in [7, 11) is 0. The molecule has 0 saturated carbocycles. The Morgan fingerprint density at radius 3 is 1.43 bits per heavy atom. The van der Waals surface area contributed by atoms with Crippen molar-refractivity contribution in [1.82, 2.24) is 20.9 Å². The van der Waals surface area contributed by atoms with Crippen molar-refractivity contribution >= 4 is 35.1 Å². The number of hydrogen-bond acceptors (Lipinski definition) is 28. The van der Waals surface area contributed by atoms with Crippen LogP contribution in [0.5, 0.6) is 0 Å². The standard InChI is InChI=1S/C48H82N4O27/c1-3-49-30(58)10-6-8-25(56)18-52(17-24(55)7-4-5-9-31(59)50-13-15-72-45-40(68)37(65)33(61)23(2)75-45)19-26(57)11-12-32(60)51-14-16-73-47-43(71)44(79-48-42(70)39(67)35(63)28(21-54)77-48)36(64)29(78-47)22-74-46-41(69)38(66)34(62)27(20-53)76-46/h23,27-29,33-48,53-54,61-71H,3-22H2,1-2H3,(H,49,58)(H,50,59)(H,51,60)/t23-,27+,28+,29+,33+,34+,35+,36+,37+,38-,39-,40-,41-,42-,43-,44-,45+,46-,47-,48+/m0/s1. The Morgan fingerprint density at radius 2 is 0.873 bits per heavy atom. The Hall–Kier alpha value is -3.46. The molecule has 0 unspecified atom stereocenters. The zero-order valence-electron chi connectivity index (χ0n) is 44.2. The highest BCUT2D eigenvalue weighted by Gasteiger charge is 2.52. The fourth-order valence-corrected chi connectivity index (χ4v) is 8.87. The monoisotopic (exact) mass is 1150 g/mol.